The Morgan fingerprint density at radius 3 is 2.36 bits per heavy atom. The van der Waals surface area contributed by atoms with Crippen molar-refractivity contribution in [3.05, 3.63) is 69.6 Å². The minimum Gasteiger partial charge on any atom is -0.497 e. The summed E-state index contributed by atoms with van der Waals surface area (Å²) in [6, 6.07) is 12.5. The van der Waals surface area contributed by atoms with Crippen LogP contribution in [0.15, 0.2) is 51.7 Å². The minimum atomic E-state index is -0.961. The summed E-state index contributed by atoms with van der Waals surface area (Å²) in [5, 5.41) is 3.50. The summed E-state index contributed by atoms with van der Waals surface area (Å²) in [4.78, 5) is 37.0. The molecule has 0 aliphatic carbocycles. The minimum absolute atomic E-state index is 0.0522. The first-order valence-electron chi connectivity index (χ1n) is 10.5. The zero-order valence-electron chi connectivity index (χ0n) is 19.1. The molecule has 0 aliphatic rings. The Bertz CT molecular complexity index is 1200. The lowest BCUT2D eigenvalue weighted by Gasteiger charge is -2.14. The van der Waals surface area contributed by atoms with Crippen LogP contribution >= 0.6 is 0 Å². The van der Waals surface area contributed by atoms with Crippen molar-refractivity contribution in [3.63, 3.8) is 0 Å². The molecule has 2 aromatic carbocycles. The number of fused-ring (bicyclic) bond motifs is 1. The van der Waals surface area contributed by atoms with Crippen LogP contribution in [0, 0.1) is 6.92 Å². The maximum atomic E-state index is 12.4. The molecular formula is C25H27NO7. The van der Waals surface area contributed by atoms with E-state index in [1.807, 2.05) is 25.1 Å². The highest BCUT2D eigenvalue weighted by molar-refractivity contribution is 5.84. The highest BCUT2D eigenvalue weighted by Crippen LogP contribution is 2.24. The van der Waals surface area contributed by atoms with E-state index < -0.39 is 23.6 Å². The second-order valence-corrected chi connectivity index (χ2v) is 7.55. The molecule has 1 N–H and O–H groups in total. The van der Waals surface area contributed by atoms with Gasteiger partial charge in [0.1, 0.15) is 17.1 Å². The van der Waals surface area contributed by atoms with E-state index in [9.17, 15) is 14.4 Å². The summed E-state index contributed by atoms with van der Waals surface area (Å²) in [6.45, 7) is 3.61. The number of amides is 1. The number of carbonyl (C=O) groups is 2. The van der Waals surface area contributed by atoms with E-state index in [0.29, 0.717) is 23.4 Å². The van der Waals surface area contributed by atoms with Gasteiger partial charge in [-0.25, -0.2) is 4.79 Å². The molecule has 1 aromatic heterocycles. The molecule has 0 saturated heterocycles. The predicted molar refractivity (Wildman–Crippen MR) is 122 cm³/mol. The van der Waals surface area contributed by atoms with Gasteiger partial charge in [-0.3, -0.25) is 9.59 Å². The Labute approximate surface area is 191 Å². The maximum Gasteiger partial charge on any atom is 0.339 e. The van der Waals surface area contributed by atoms with E-state index in [-0.39, 0.29) is 12.8 Å². The number of methoxy groups -OCH3 is 2. The van der Waals surface area contributed by atoms with Gasteiger partial charge < -0.3 is 23.9 Å². The normalized spacial score (nSPS) is 11.6. The Morgan fingerprint density at radius 1 is 1.03 bits per heavy atom. The Morgan fingerprint density at radius 2 is 1.70 bits per heavy atom. The standard InChI is InChI=1S/C25H27NO7/c1-15-20-10-9-19(31-4)13-22(20)33-25(29)21(15)11-12-23(27)32-16(2)24(28)26-14-17-5-7-18(30-3)8-6-17/h5-10,13,16H,11-12,14H2,1-4H3,(H,26,28). The van der Waals surface area contributed by atoms with E-state index in [0.717, 1.165) is 22.3 Å². The van der Waals surface area contributed by atoms with Crippen LogP contribution in [0.4, 0.5) is 0 Å². The van der Waals surface area contributed by atoms with Gasteiger partial charge in [0.15, 0.2) is 6.10 Å². The van der Waals surface area contributed by atoms with Gasteiger partial charge >= 0.3 is 11.6 Å². The number of benzene rings is 2. The van der Waals surface area contributed by atoms with Crippen LogP contribution in [0.1, 0.15) is 30.0 Å². The summed E-state index contributed by atoms with van der Waals surface area (Å²) in [5.74, 6) is 0.327. The first-order valence-corrected chi connectivity index (χ1v) is 10.5. The molecular weight excluding hydrogens is 426 g/mol. The molecule has 1 amide bonds. The average Bonchev–Trinajstić information content (AvgIpc) is 2.82. The number of esters is 1. The smallest absolute Gasteiger partial charge is 0.339 e. The number of ether oxygens (including phenoxy) is 3. The lowest BCUT2D eigenvalue weighted by atomic mass is 10.0. The molecule has 0 aliphatic heterocycles. The highest BCUT2D eigenvalue weighted by Gasteiger charge is 2.19. The van der Waals surface area contributed by atoms with Gasteiger partial charge in [-0.2, -0.15) is 0 Å². The van der Waals surface area contributed by atoms with Crippen molar-refractivity contribution in [2.75, 3.05) is 14.2 Å². The second-order valence-electron chi connectivity index (χ2n) is 7.55. The number of hydrogen-bond donors (Lipinski definition) is 1. The van der Waals surface area contributed by atoms with Crippen molar-refractivity contribution in [3.8, 4) is 11.5 Å². The van der Waals surface area contributed by atoms with Gasteiger partial charge in [-0.1, -0.05) is 12.1 Å². The molecule has 0 saturated carbocycles. The molecule has 0 spiro atoms. The molecule has 1 heterocycles. The van der Waals surface area contributed by atoms with Gasteiger partial charge in [0.2, 0.25) is 0 Å². The number of rotatable bonds is 9. The first-order chi connectivity index (χ1) is 15.8. The zero-order chi connectivity index (χ0) is 24.0. The lowest BCUT2D eigenvalue weighted by Crippen LogP contribution is -2.35. The predicted octanol–water partition coefficient (Wildman–Crippen LogP) is 3.30. The van der Waals surface area contributed by atoms with Gasteiger partial charge in [0.05, 0.1) is 14.2 Å². The third-order valence-corrected chi connectivity index (χ3v) is 5.38. The van der Waals surface area contributed by atoms with Crippen molar-refractivity contribution in [2.24, 2.45) is 0 Å². The van der Waals surface area contributed by atoms with Crippen LogP contribution in [0.3, 0.4) is 0 Å². The van der Waals surface area contributed by atoms with Crippen LogP contribution in [-0.4, -0.2) is 32.2 Å². The van der Waals surface area contributed by atoms with E-state index in [2.05, 4.69) is 5.32 Å². The molecule has 0 fully saturated rings. The molecule has 8 heteroatoms. The first kappa shape index (κ1) is 23.8. The van der Waals surface area contributed by atoms with Crippen molar-refractivity contribution in [2.45, 2.75) is 39.3 Å². The van der Waals surface area contributed by atoms with E-state index in [4.69, 9.17) is 18.6 Å². The summed E-state index contributed by atoms with van der Waals surface area (Å²) in [6.07, 6.45) is -0.865. The molecule has 3 rings (SSSR count). The third kappa shape index (κ3) is 5.91. The van der Waals surface area contributed by atoms with Crippen LogP contribution in [0.25, 0.3) is 11.0 Å². The lowest BCUT2D eigenvalue weighted by molar-refractivity contribution is -0.154. The maximum absolute atomic E-state index is 12.4. The molecule has 0 radical (unpaired) electrons. The fourth-order valence-corrected chi connectivity index (χ4v) is 3.40. The Kier molecular flexibility index (Phi) is 7.71. The zero-order valence-corrected chi connectivity index (χ0v) is 19.1. The Balaban J connectivity index is 1.55. The number of nitrogens with one attached hydrogen (secondary N) is 1. The molecule has 8 nitrogen and oxygen atoms in total. The molecule has 33 heavy (non-hydrogen) atoms. The van der Waals surface area contributed by atoms with E-state index in [1.165, 1.54) is 14.0 Å². The van der Waals surface area contributed by atoms with Gasteiger partial charge in [0.25, 0.3) is 5.91 Å². The monoisotopic (exact) mass is 453 g/mol. The third-order valence-electron chi connectivity index (χ3n) is 5.38. The van der Waals surface area contributed by atoms with Gasteiger partial charge in [-0.15, -0.1) is 0 Å². The van der Waals surface area contributed by atoms with Gasteiger partial charge in [0, 0.05) is 30.0 Å². The van der Waals surface area contributed by atoms with Crippen molar-refractivity contribution >= 4 is 22.8 Å². The highest BCUT2D eigenvalue weighted by atomic mass is 16.5. The quantitative estimate of drug-likeness (QED) is 0.392. The van der Waals surface area contributed by atoms with Crippen molar-refractivity contribution in [1.82, 2.24) is 5.32 Å². The van der Waals surface area contributed by atoms with E-state index >= 15 is 0 Å². The SMILES string of the molecule is COc1ccc(CNC(=O)C(C)OC(=O)CCc2c(C)c3ccc(OC)cc3oc2=O)cc1. The average molecular weight is 453 g/mol. The van der Waals surface area contributed by atoms with Crippen LogP contribution in [-0.2, 0) is 27.3 Å². The second kappa shape index (κ2) is 10.7. The fourth-order valence-electron chi connectivity index (χ4n) is 3.40. The summed E-state index contributed by atoms with van der Waals surface area (Å²) in [7, 11) is 3.12. The van der Waals surface area contributed by atoms with E-state index in [1.54, 1.807) is 31.4 Å². The molecule has 0 bridgehead atoms. The molecule has 174 valence electrons. The number of aryl methyl sites for hydroxylation is 1. The molecule has 3 aromatic rings. The van der Waals surface area contributed by atoms with Crippen LogP contribution < -0.4 is 20.4 Å². The molecule has 1 unspecified atom stereocenters. The largest absolute Gasteiger partial charge is 0.497 e. The topological polar surface area (TPSA) is 104 Å². The summed E-state index contributed by atoms with van der Waals surface area (Å²) >= 11 is 0. The molecule has 1 atom stereocenters. The Hall–Kier alpha value is -3.81. The van der Waals surface area contributed by atoms with Crippen LogP contribution in [0.5, 0.6) is 11.5 Å². The number of carbonyl (C=O) groups excluding carboxylic acids is 2. The fraction of sp³-hybridized carbons (Fsp3) is 0.320. The van der Waals surface area contributed by atoms with Crippen molar-refractivity contribution < 1.29 is 28.2 Å². The summed E-state index contributed by atoms with van der Waals surface area (Å²) < 4.78 is 20.9. The van der Waals surface area contributed by atoms with Gasteiger partial charge in [-0.05, 0) is 55.7 Å². The van der Waals surface area contributed by atoms with Crippen LogP contribution in [0.2, 0.25) is 0 Å². The van der Waals surface area contributed by atoms with Crippen molar-refractivity contribution in [1.29, 1.82) is 0 Å². The number of hydrogen-bond acceptors (Lipinski definition) is 7. The summed E-state index contributed by atoms with van der Waals surface area (Å²) in [5.41, 5.74) is 1.94.